The molecule has 0 spiro atoms. The van der Waals surface area contributed by atoms with Crippen LogP contribution < -0.4 is 0 Å². The summed E-state index contributed by atoms with van der Waals surface area (Å²) >= 11 is 0. The number of hydrogen-bond acceptors (Lipinski definition) is 0. The fraction of sp³-hybridized carbons (Fsp3) is 0.400. The molecule has 0 radical (unpaired) electrons. The second kappa shape index (κ2) is 19.8. The van der Waals surface area contributed by atoms with Crippen LogP contribution in [-0.4, -0.2) is 0 Å². The summed E-state index contributed by atoms with van der Waals surface area (Å²) in [6.45, 7) is 8.00. The van der Waals surface area contributed by atoms with E-state index in [0.717, 1.165) is 6.42 Å². The van der Waals surface area contributed by atoms with Crippen LogP contribution in [0.15, 0.2) is 60.7 Å². The van der Waals surface area contributed by atoms with Gasteiger partial charge in [0.25, 0.3) is 0 Å². The van der Waals surface area contributed by atoms with E-state index in [4.69, 9.17) is 0 Å². The summed E-state index contributed by atoms with van der Waals surface area (Å²) < 4.78 is 0. The summed E-state index contributed by atoms with van der Waals surface area (Å²) in [7, 11) is 0. The molecular weight excluding hydrogens is 240 g/mol. The summed E-state index contributed by atoms with van der Waals surface area (Å²) in [5, 5.41) is 0. The zero-order chi connectivity index (χ0) is 12.9. The van der Waals surface area contributed by atoms with Gasteiger partial charge >= 0.3 is 0 Å². The average Bonchev–Trinajstić information content (AvgIpc) is 2.45. The highest BCUT2D eigenvalue weighted by Crippen LogP contribution is 2.07. The molecule has 0 heterocycles. The minimum absolute atomic E-state index is 0. The quantitative estimate of drug-likeness (QED) is 0.542. The van der Waals surface area contributed by atoms with Crippen LogP contribution in [0.4, 0.5) is 0 Å². The third kappa shape index (κ3) is 11.5. The Morgan fingerprint density at radius 2 is 0.750 bits per heavy atom. The van der Waals surface area contributed by atoms with E-state index in [1.165, 1.54) is 11.1 Å². The van der Waals surface area contributed by atoms with Crippen LogP contribution in [-0.2, 0) is 6.42 Å². The van der Waals surface area contributed by atoms with Gasteiger partial charge in [-0.2, -0.15) is 0 Å². The highest BCUT2D eigenvalue weighted by atomic mass is 14.0. The minimum atomic E-state index is 0. The SMILES string of the molecule is C.C.C.CC.CC.c1ccc(Cc2ccccc2)cc1. The molecule has 0 aliphatic heterocycles. The van der Waals surface area contributed by atoms with Crippen molar-refractivity contribution in [1.29, 1.82) is 0 Å². The van der Waals surface area contributed by atoms with Crippen molar-refractivity contribution in [3.8, 4) is 0 Å². The van der Waals surface area contributed by atoms with Crippen LogP contribution in [0.2, 0.25) is 0 Å². The predicted molar refractivity (Wildman–Crippen MR) is 98.6 cm³/mol. The zero-order valence-electron chi connectivity index (χ0n) is 11.5. The normalized spacial score (nSPS) is 7.00. The molecule has 0 atom stereocenters. The van der Waals surface area contributed by atoms with Gasteiger partial charge in [0.1, 0.15) is 0 Å². The van der Waals surface area contributed by atoms with Gasteiger partial charge in [0.05, 0.1) is 0 Å². The summed E-state index contributed by atoms with van der Waals surface area (Å²) in [5.41, 5.74) is 2.74. The smallest absolute Gasteiger partial charge is 0.00258 e. The van der Waals surface area contributed by atoms with Gasteiger partial charge in [-0.15, -0.1) is 0 Å². The van der Waals surface area contributed by atoms with Crippen molar-refractivity contribution < 1.29 is 0 Å². The molecule has 0 fully saturated rings. The second-order valence-corrected chi connectivity index (χ2v) is 3.15. The molecule has 2 aromatic carbocycles. The van der Waals surface area contributed by atoms with E-state index in [2.05, 4.69) is 60.7 Å². The van der Waals surface area contributed by atoms with Gasteiger partial charge in [0.15, 0.2) is 0 Å². The van der Waals surface area contributed by atoms with Gasteiger partial charge in [-0.3, -0.25) is 0 Å². The van der Waals surface area contributed by atoms with Crippen LogP contribution in [0.25, 0.3) is 0 Å². The fourth-order valence-corrected chi connectivity index (χ4v) is 1.43. The van der Waals surface area contributed by atoms with E-state index in [9.17, 15) is 0 Å². The maximum atomic E-state index is 2.16. The van der Waals surface area contributed by atoms with Crippen molar-refractivity contribution in [3.05, 3.63) is 71.8 Å². The lowest BCUT2D eigenvalue weighted by Gasteiger charge is -2.00. The molecule has 0 bridgehead atoms. The van der Waals surface area contributed by atoms with Crippen LogP contribution >= 0.6 is 0 Å². The number of benzene rings is 2. The maximum Gasteiger partial charge on any atom is -0.00258 e. The lowest BCUT2D eigenvalue weighted by atomic mass is 10.1. The lowest BCUT2D eigenvalue weighted by molar-refractivity contribution is 1.19. The molecule has 0 amide bonds. The number of rotatable bonds is 2. The Balaban J connectivity index is -0.000000169. The Kier molecular flexibility index (Phi) is 26.6. The molecule has 2 rings (SSSR count). The molecule has 0 aliphatic rings. The van der Waals surface area contributed by atoms with Gasteiger partial charge in [-0.1, -0.05) is 111 Å². The maximum absolute atomic E-state index is 2.16. The van der Waals surface area contributed by atoms with Crippen LogP contribution in [0, 0.1) is 0 Å². The van der Waals surface area contributed by atoms with E-state index in [1.807, 2.05) is 27.7 Å². The molecule has 0 N–H and O–H groups in total. The third-order valence-corrected chi connectivity index (χ3v) is 2.09. The molecule has 0 unspecified atom stereocenters. The van der Waals surface area contributed by atoms with Crippen LogP contribution in [0.5, 0.6) is 0 Å². The third-order valence-electron chi connectivity index (χ3n) is 2.09. The summed E-state index contributed by atoms with van der Waals surface area (Å²) in [6.07, 6.45) is 1.03. The Labute approximate surface area is 128 Å². The van der Waals surface area contributed by atoms with Gasteiger partial charge in [-0.25, -0.2) is 0 Å². The highest BCUT2D eigenvalue weighted by Gasteiger charge is 1.92. The van der Waals surface area contributed by atoms with E-state index >= 15 is 0 Å². The van der Waals surface area contributed by atoms with Gasteiger partial charge < -0.3 is 0 Å². The molecule has 0 heteroatoms. The molecule has 0 aromatic heterocycles. The zero-order valence-corrected chi connectivity index (χ0v) is 11.5. The Morgan fingerprint density at radius 1 is 0.500 bits per heavy atom. The first-order valence-electron chi connectivity index (χ1n) is 6.53. The van der Waals surface area contributed by atoms with Crippen molar-refractivity contribution in [3.63, 3.8) is 0 Å². The molecule has 20 heavy (non-hydrogen) atoms. The van der Waals surface area contributed by atoms with E-state index < -0.39 is 0 Å². The first-order chi connectivity index (χ1) is 8.45. The summed E-state index contributed by atoms with van der Waals surface area (Å²) in [5.74, 6) is 0. The van der Waals surface area contributed by atoms with Gasteiger partial charge in [0, 0.05) is 0 Å². The molecule has 0 nitrogen and oxygen atoms in total. The monoisotopic (exact) mass is 276 g/mol. The first kappa shape index (κ1) is 26.9. The summed E-state index contributed by atoms with van der Waals surface area (Å²) in [4.78, 5) is 0. The highest BCUT2D eigenvalue weighted by molar-refractivity contribution is 5.25. The van der Waals surface area contributed by atoms with Crippen LogP contribution in [0.3, 0.4) is 0 Å². The predicted octanol–water partition coefficient (Wildman–Crippen LogP) is 7.24. The van der Waals surface area contributed by atoms with Gasteiger partial charge in [-0.05, 0) is 17.5 Å². The van der Waals surface area contributed by atoms with E-state index in [-0.39, 0.29) is 22.3 Å². The summed E-state index contributed by atoms with van der Waals surface area (Å²) in [6, 6.07) is 21.1. The van der Waals surface area contributed by atoms with Crippen molar-refractivity contribution in [2.45, 2.75) is 56.4 Å². The van der Waals surface area contributed by atoms with Crippen LogP contribution in [0.1, 0.15) is 61.1 Å². The standard InChI is InChI=1S/C13H12.2C2H6.3CH4/c1-3-7-12(8-4-1)11-13-9-5-2-6-10-13;2*1-2;;;/h1-10H,11H2;2*1-2H3;3*1H4. The van der Waals surface area contributed by atoms with Crippen molar-refractivity contribution in [2.24, 2.45) is 0 Å². The fourth-order valence-electron chi connectivity index (χ4n) is 1.43. The van der Waals surface area contributed by atoms with Gasteiger partial charge in [0.2, 0.25) is 0 Å². The Bertz CT molecular complexity index is 311. The van der Waals surface area contributed by atoms with E-state index in [0.29, 0.717) is 0 Å². The largest absolute Gasteiger partial charge is 0.0776 e. The molecule has 0 saturated heterocycles. The number of hydrogen-bond donors (Lipinski definition) is 0. The second-order valence-electron chi connectivity index (χ2n) is 3.15. The first-order valence-corrected chi connectivity index (χ1v) is 6.53. The Morgan fingerprint density at radius 3 is 1.00 bits per heavy atom. The van der Waals surface area contributed by atoms with E-state index in [1.54, 1.807) is 0 Å². The molecule has 2 aromatic rings. The topological polar surface area (TPSA) is 0 Å². The van der Waals surface area contributed by atoms with Crippen molar-refractivity contribution >= 4 is 0 Å². The van der Waals surface area contributed by atoms with Crippen molar-refractivity contribution in [2.75, 3.05) is 0 Å². The average molecular weight is 277 g/mol. The molecule has 0 saturated carbocycles. The Hall–Kier alpha value is -1.56. The lowest BCUT2D eigenvalue weighted by Crippen LogP contribution is -1.85. The van der Waals surface area contributed by atoms with Crippen molar-refractivity contribution in [1.82, 2.24) is 0 Å². The molecular formula is C20H36. The molecule has 0 aliphatic carbocycles. The minimum Gasteiger partial charge on any atom is -0.0776 e. The molecule has 116 valence electrons.